The van der Waals surface area contributed by atoms with Crippen LogP contribution in [0, 0.1) is 17.1 Å². The molecule has 0 bridgehead atoms. The van der Waals surface area contributed by atoms with Gasteiger partial charge in [-0.25, -0.2) is 4.39 Å². The number of nitriles is 1. The van der Waals surface area contributed by atoms with Crippen molar-refractivity contribution >= 4 is 0 Å². The molecule has 2 N–H and O–H groups in total. The van der Waals surface area contributed by atoms with Gasteiger partial charge in [-0.1, -0.05) is 12.1 Å². The molecule has 0 fully saturated rings. The van der Waals surface area contributed by atoms with Gasteiger partial charge in [0.1, 0.15) is 11.9 Å². The van der Waals surface area contributed by atoms with Crippen molar-refractivity contribution in [3.63, 3.8) is 0 Å². The Kier molecular flexibility index (Phi) is 2.19. The largest absolute Gasteiger partial charge is 0.312 e. The van der Waals surface area contributed by atoms with Crippen molar-refractivity contribution < 1.29 is 4.39 Å². The molecule has 1 atom stereocenters. The minimum Gasteiger partial charge on any atom is -0.312 e. The van der Waals surface area contributed by atoms with Crippen molar-refractivity contribution in [2.45, 2.75) is 6.04 Å². The van der Waals surface area contributed by atoms with Crippen LogP contribution in [0.4, 0.5) is 4.39 Å². The maximum Gasteiger partial charge on any atom is 0.123 e. The Morgan fingerprint density at radius 3 is 2.36 bits per heavy atom. The molecular formula is C8H7FN2. The molecule has 0 saturated carbocycles. The minimum atomic E-state index is -0.657. The van der Waals surface area contributed by atoms with E-state index in [-0.39, 0.29) is 5.82 Å². The lowest BCUT2D eigenvalue weighted by molar-refractivity contribution is 0.626. The van der Waals surface area contributed by atoms with E-state index in [0.717, 1.165) is 0 Å². The summed E-state index contributed by atoms with van der Waals surface area (Å²) < 4.78 is 12.3. The topological polar surface area (TPSA) is 49.8 Å². The minimum absolute atomic E-state index is 0.320. The lowest BCUT2D eigenvalue weighted by Crippen LogP contribution is -2.06. The van der Waals surface area contributed by atoms with Gasteiger partial charge in [0.2, 0.25) is 0 Å². The van der Waals surface area contributed by atoms with Crippen LogP contribution in [0.2, 0.25) is 0 Å². The molecule has 2 nitrogen and oxygen atoms in total. The molecule has 0 heterocycles. The molecular weight excluding hydrogens is 143 g/mol. The first-order valence-corrected chi connectivity index (χ1v) is 3.14. The predicted molar refractivity (Wildman–Crippen MR) is 38.9 cm³/mol. The van der Waals surface area contributed by atoms with E-state index in [1.54, 1.807) is 0 Å². The summed E-state index contributed by atoms with van der Waals surface area (Å²) in [5.41, 5.74) is 5.99. The summed E-state index contributed by atoms with van der Waals surface area (Å²) in [5, 5.41) is 8.39. The second kappa shape index (κ2) is 3.13. The SMILES string of the molecule is N#C[C@H](N)c1ccc(F)cc1. The summed E-state index contributed by atoms with van der Waals surface area (Å²) in [6.07, 6.45) is 0. The fourth-order valence-corrected chi connectivity index (χ4v) is 0.745. The van der Waals surface area contributed by atoms with E-state index in [2.05, 4.69) is 0 Å². The zero-order chi connectivity index (χ0) is 8.27. The van der Waals surface area contributed by atoms with Crippen LogP contribution in [0.1, 0.15) is 11.6 Å². The first-order valence-electron chi connectivity index (χ1n) is 3.14. The summed E-state index contributed by atoms with van der Waals surface area (Å²) >= 11 is 0. The Morgan fingerprint density at radius 1 is 1.36 bits per heavy atom. The van der Waals surface area contributed by atoms with Crippen LogP contribution in [0.25, 0.3) is 0 Å². The molecule has 0 unspecified atom stereocenters. The first-order chi connectivity index (χ1) is 5.24. The van der Waals surface area contributed by atoms with Gasteiger partial charge in [0.05, 0.1) is 6.07 Å². The smallest absolute Gasteiger partial charge is 0.123 e. The van der Waals surface area contributed by atoms with Crippen molar-refractivity contribution in [3.05, 3.63) is 35.6 Å². The van der Waals surface area contributed by atoms with Gasteiger partial charge in [0, 0.05) is 0 Å². The van der Waals surface area contributed by atoms with Crippen LogP contribution in [0.5, 0.6) is 0 Å². The number of benzene rings is 1. The average Bonchev–Trinajstić information content (AvgIpc) is 2.05. The summed E-state index contributed by atoms with van der Waals surface area (Å²) in [5.74, 6) is -0.320. The van der Waals surface area contributed by atoms with E-state index in [0.29, 0.717) is 5.56 Å². The number of halogens is 1. The first kappa shape index (κ1) is 7.70. The summed E-state index contributed by atoms with van der Waals surface area (Å²) in [4.78, 5) is 0. The molecule has 0 aliphatic carbocycles. The Bertz CT molecular complexity index is 273. The number of nitrogens with two attached hydrogens (primary N) is 1. The van der Waals surface area contributed by atoms with Gasteiger partial charge in [0.15, 0.2) is 0 Å². The van der Waals surface area contributed by atoms with Gasteiger partial charge in [-0.15, -0.1) is 0 Å². The van der Waals surface area contributed by atoms with Crippen molar-refractivity contribution in [1.82, 2.24) is 0 Å². The van der Waals surface area contributed by atoms with Crippen molar-refractivity contribution in [2.24, 2.45) is 5.73 Å². The highest BCUT2D eigenvalue weighted by molar-refractivity contribution is 5.23. The highest BCUT2D eigenvalue weighted by Gasteiger charge is 2.02. The highest BCUT2D eigenvalue weighted by Crippen LogP contribution is 2.09. The Morgan fingerprint density at radius 2 is 1.91 bits per heavy atom. The molecule has 0 aliphatic heterocycles. The van der Waals surface area contributed by atoms with Gasteiger partial charge >= 0.3 is 0 Å². The number of hydrogen-bond donors (Lipinski definition) is 1. The summed E-state index contributed by atoms with van der Waals surface area (Å²) in [7, 11) is 0. The van der Waals surface area contributed by atoms with Crippen LogP contribution in [-0.2, 0) is 0 Å². The second-order valence-electron chi connectivity index (χ2n) is 2.16. The van der Waals surface area contributed by atoms with E-state index in [9.17, 15) is 4.39 Å². The molecule has 1 aromatic carbocycles. The Balaban J connectivity index is 2.92. The molecule has 0 radical (unpaired) electrons. The fraction of sp³-hybridized carbons (Fsp3) is 0.125. The molecule has 11 heavy (non-hydrogen) atoms. The molecule has 0 aliphatic rings. The van der Waals surface area contributed by atoms with E-state index >= 15 is 0 Å². The molecule has 1 rings (SSSR count). The molecule has 0 saturated heterocycles. The van der Waals surface area contributed by atoms with E-state index < -0.39 is 6.04 Å². The summed E-state index contributed by atoms with van der Waals surface area (Å²) in [6.45, 7) is 0. The van der Waals surface area contributed by atoms with Crippen LogP contribution < -0.4 is 5.73 Å². The Labute approximate surface area is 64.1 Å². The lowest BCUT2D eigenvalue weighted by atomic mass is 10.1. The zero-order valence-electron chi connectivity index (χ0n) is 5.79. The molecule has 0 spiro atoms. The Hall–Kier alpha value is -1.40. The number of nitrogens with zero attached hydrogens (tertiary/aromatic N) is 1. The standard InChI is InChI=1S/C8H7FN2/c9-7-3-1-6(2-4-7)8(11)5-10/h1-4,8H,11H2/t8-/m0/s1. The van der Waals surface area contributed by atoms with Crippen molar-refractivity contribution in [3.8, 4) is 6.07 Å². The third kappa shape index (κ3) is 1.76. The van der Waals surface area contributed by atoms with Gasteiger partial charge in [-0.05, 0) is 17.7 Å². The maximum absolute atomic E-state index is 12.3. The molecule has 3 heteroatoms. The normalized spacial score (nSPS) is 12.1. The molecule has 0 amide bonds. The zero-order valence-corrected chi connectivity index (χ0v) is 5.79. The van der Waals surface area contributed by atoms with Crippen LogP contribution >= 0.6 is 0 Å². The average molecular weight is 150 g/mol. The van der Waals surface area contributed by atoms with E-state index in [1.807, 2.05) is 6.07 Å². The van der Waals surface area contributed by atoms with Crippen molar-refractivity contribution in [1.29, 1.82) is 5.26 Å². The van der Waals surface area contributed by atoms with Gasteiger partial charge in [-0.3, -0.25) is 0 Å². The van der Waals surface area contributed by atoms with E-state index in [1.165, 1.54) is 24.3 Å². The lowest BCUT2D eigenvalue weighted by Gasteiger charge is -2.00. The van der Waals surface area contributed by atoms with E-state index in [4.69, 9.17) is 11.0 Å². The van der Waals surface area contributed by atoms with Crippen molar-refractivity contribution in [2.75, 3.05) is 0 Å². The molecule has 0 aromatic heterocycles. The van der Waals surface area contributed by atoms with Gasteiger partial charge < -0.3 is 5.73 Å². The monoisotopic (exact) mass is 150 g/mol. The van der Waals surface area contributed by atoms with Crippen LogP contribution in [0.15, 0.2) is 24.3 Å². The predicted octanol–water partition coefficient (Wildman–Crippen LogP) is 1.35. The van der Waals surface area contributed by atoms with Gasteiger partial charge in [-0.2, -0.15) is 5.26 Å². The quantitative estimate of drug-likeness (QED) is 0.656. The third-order valence-corrected chi connectivity index (χ3v) is 1.37. The number of hydrogen-bond acceptors (Lipinski definition) is 2. The molecule has 56 valence electrons. The molecule has 1 aromatic rings. The second-order valence-corrected chi connectivity index (χ2v) is 2.16. The highest BCUT2D eigenvalue weighted by atomic mass is 19.1. The third-order valence-electron chi connectivity index (χ3n) is 1.37. The summed E-state index contributed by atoms with van der Waals surface area (Å²) in [6, 6.07) is 6.77. The maximum atomic E-state index is 12.3. The fourth-order valence-electron chi connectivity index (χ4n) is 0.745. The van der Waals surface area contributed by atoms with Crippen LogP contribution in [-0.4, -0.2) is 0 Å². The van der Waals surface area contributed by atoms with Gasteiger partial charge in [0.25, 0.3) is 0 Å². The van der Waals surface area contributed by atoms with Crippen LogP contribution in [0.3, 0.4) is 0 Å². The number of rotatable bonds is 1.